The first-order valence-electron chi connectivity index (χ1n) is 20.2. The molecule has 0 aliphatic heterocycles. The molecule has 0 aliphatic carbocycles. The van der Waals surface area contributed by atoms with Gasteiger partial charge in [-0.3, -0.25) is 0 Å². The molecule has 61 heavy (non-hydrogen) atoms. The van der Waals surface area contributed by atoms with Crippen molar-refractivity contribution in [3.8, 4) is 44.5 Å². The summed E-state index contributed by atoms with van der Waals surface area (Å²) in [7, 11) is 0. The SMILES string of the molecule is Cc1cccc(N(c2ccc(-c3ccccc3)cc2)c2ccc(-c3ccc(-c4ccc(N(c5ccc(-c6ccccc6)cc5)c5cccc(C(F)(F)F)c5)cc4)cc3)cc2)c1. The Kier molecular flexibility index (Phi) is 10.8. The molecule has 0 saturated carbocycles. The van der Waals surface area contributed by atoms with Crippen molar-refractivity contribution in [1.29, 1.82) is 0 Å². The lowest BCUT2D eigenvalue weighted by Crippen LogP contribution is -2.12. The zero-order valence-electron chi connectivity index (χ0n) is 33.5. The third-order valence-electron chi connectivity index (χ3n) is 11.0. The van der Waals surface area contributed by atoms with E-state index in [-0.39, 0.29) is 0 Å². The van der Waals surface area contributed by atoms with Gasteiger partial charge in [-0.2, -0.15) is 13.2 Å². The molecule has 0 spiro atoms. The van der Waals surface area contributed by atoms with Gasteiger partial charge in [0.15, 0.2) is 0 Å². The van der Waals surface area contributed by atoms with E-state index in [1.165, 1.54) is 28.8 Å². The molecule has 0 unspecified atom stereocenters. The van der Waals surface area contributed by atoms with Gasteiger partial charge in [-0.25, -0.2) is 0 Å². The van der Waals surface area contributed by atoms with Crippen LogP contribution in [0.3, 0.4) is 0 Å². The average molecular weight is 799 g/mol. The Labute approximate surface area is 355 Å². The molecular weight excluding hydrogens is 758 g/mol. The molecule has 5 heteroatoms. The van der Waals surface area contributed by atoms with Gasteiger partial charge >= 0.3 is 6.18 Å². The molecule has 0 atom stereocenters. The molecule has 0 saturated heterocycles. The van der Waals surface area contributed by atoms with E-state index in [4.69, 9.17) is 0 Å². The van der Waals surface area contributed by atoms with Crippen LogP contribution in [0.25, 0.3) is 44.5 Å². The second-order valence-electron chi connectivity index (χ2n) is 15.1. The maximum atomic E-state index is 13.9. The van der Waals surface area contributed by atoms with E-state index in [2.05, 4.69) is 133 Å². The fourth-order valence-corrected chi connectivity index (χ4v) is 7.81. The maximum absolute atomic E-state index is 13.9. The summed E-state index contributed by atoms with van der Waals surface area (Å²) in [5.74, 6) is 0. The maximum Gasteiger partial charge on any atom is 0.416 e. The fraction of sp³-hybridized carbons (Fsp3) is 0.0357. The topological polar surface area (TPSA) is 6.48 Å². The summed E-state index contributed by atoms with van der Waals surface area (Å²) in [6.45, 7) is 2.11. The van der Waals surface area contributed by atoms with E-state index < -0.39 is 11.7 Å². The number of alkyl halides is 3. The van der Waals surface area contributed by atoms with Crippen LogP contribution in [-0.4, -0.2) is 0 Å². The highest BCUT2D eigenvalue weighted by Crippen LogP contribution is 2.41. The summed E-state index contributed by atoms with van der Waals surface area (Å²) < 4.78 is 41.6. The van der Waals surface area contributed by atoms with Crippen molar-refractivity contribution < 1.29 is 13.2 Å². The third-order valence-corrected chi connectivity index (χ3v) is 11.0. The Morgan fingerprint density at radius 1 is 0.279 bits per heavy atom. The van der Waals surface area contributed by atoms with Crippen LogP contribution in [-0.2, 0) is 6.18 Å². The first-order valence-corrected chi connectivity index (χ1v) is 20.2. The number of rotatable bonds is 10. The molecule has 0 N–H and O–H groups in total. The van der Waals surface area contributed by atoms with Crippen molar-refractivity contribution in [3.63, 3.8) is 0 Å². The molecule has 296 valence electrons. The van der Waals surface area contributed by atoms with Crippen LogP contribution in [0.5, 0.6) is 0 Å². The van der Waals surface area contributed by atoms with E-state index >= 15 is 0 Å². The number of hydrogen-bond donors (Lipinski definition) is 0. The van der Waals surface area contributed by atoms with E-state index in [0.29, 0.717) is 5.69 Å². The third kappa shape index (κ3) is 8.59. The summed E-state index contributed by atoms with van der Waals surface area (Å²) >= 11 is 0. The highest BCUT2D eigenvalue weighted by molar-refractivity contribution is 5.82. The molecule has 2 nitrogen and oxygen atoms in total. The molecule has 0 bridgehead atoms. The summed E-state index contributed by atoms with van der Waals surface area (Å²) in [5, 5.41) is 0. The second kappa shape index (κ2) is 16.9. The van der Waals surface area contributed by atoms with Crippen LogP contribution in [0.2, 0.25) is 0 Å². The Hall–Kier alpha value is -7.63. The lowest BCUT2D eigenvalue weighted by molar-refractivity contribution is -0.137. The largest absolute Gasteiger partial charge is 0.416 e. The number of aryl methyl sites for hydroxylation is 1. The average Bonchev–Trinajstić information content (AvgIpc) is 3.31. The molecule has 0 heterocycles. The van der Waals surface area contributed by atoms with Crippen LogP contribution in [0, 0.1) is 6.92 Å². The lowest BCUT2D eigenvalue weighted by Gasteiger charge is -2.26. The van der Waals surface area contributed by atoms with Gasteiger partial charge < -0.3 is 9.80 Å². The Balaban J connectivity index is 0.970. The summed E-state index contributed by atoms with van der Waals surface area (Å²) in [5.41, 5.74) is 14.3. The first-order chi connectivity index (χ1) is 29.8. The van der Waals surface area contributed by atoms with E-state index in [1.54, 1.807) is 6.07 Å². The predicted molar refractivity (Wildman–Crippen MR) is 247 cm³/mol. The normalized spacial score (nSPS) is 11.3. The summed E-state index contributed by atoms with van der Waals surface area (Å²) in [4.78, 5) is 4.15. The number of halogens is 3. The lowest BCUT2D eigenvalue weighted by atomic mass is 9.99. The smallest absolute Gasteiger partial charge is 0.310 e. The standard InChI is InChI=1S/C56H41F3N2/c1-40-10-8-16-54(38-40)60(50-30-22-45(23-31-50)41-11-4-2-5-12-41)51-34-26-47(27-35-51)43-18-20-44(21-19-43)48-28-36-53(37-29-48)61(55-17-9-15-49(39-55)56(57,58)59)52-32-24-46(25-33-52)42-13-6-3-7-14-42/h2-39H,1H3. The minimum atomic E-state index is -4.46. The van der Waals surface area contributed by atoms with Gasteiger partial charge in [0, 0.05) is 34.1 Å². The van der Waals surface area contributed by atoms with Crippen molar-refractivity contribution in [2.75, 3.05) is 9.80 Å². The molecule has 0 radical (unpaired) electrons. The quantitative estimate of drug-likeness (QED) is 0.136. The number of anilines is 6. The molecular formula is C56H41F3N2. The second-order valence-corrected chi connectivity index (χ2v) is 15.1. The Bertz CT molecular complexity index is 2850. The summed E-state index contributed by atoms with van der Waals surface area (Å²) in [6, 6.07) is 76.1. The fourth-order valence-electron chi connectivity index (χ4n) is 7.81. The van der Waals surface area contributed by atoms with Crippen molar-refractivity contribution in [2.24, 2.45) is 0 Å². The zero-order valence-corrected chi connectivity index (χ0v) is 33.5. The number of nitrogens with zero attached hydrogens (tertiary/aromatic N) is 2. The van der Waals surface area contributed by atoms with E-state index in [0.717, 1.165) is 67.9 Å². The van der Waals surface area contributed by atoms with Gasteiger partial charge in [0.1, 0.15) is 0 Å². The van der Waals surface area contributed by atoms with Crippen molar-refractivity contribution in [3.05, 3.63) is 242 Å². The molecule has 9 aromatic rings. The highest BCUT2D eigenvalue weighted by Gasteiger charge is 2.31. The Morgan fingerprint density at radius 2 is 0.574 bits per heavy atom. The molecule has 0 aromatic heterocycles. The van der Waals surface area contributed by atoms with Crippen molar-refractivity contribution >= 4 is 34.1 Å². The van der Waals surface area contributed by atoms with Gasteiger partial charge in [0.2, 0.25) is 0 Å². The van der Waals surface area contributed by atoms with E-state index in [1.807, 2.05) is 89.8 Å². The molecule has 9 aromatic carbocycles. The van der Waals surface area contributed by atoms with Gasteiger partial charge in [-0.15, -0.1) is 0 Å². The monoisotopic (exact) mass is 798 g/mol. The number of benzene rings is 9. The summed E-state index contributed by atoms with van der Waals surface area (Å²) in [6.07, 6.45) is -4.46. The van der Waals surface area contributed by atoms with Crippen molar-refractivity contribution in [2.45, 2.75) is 13.1 Å². The molecule has 0 aliphatic rings. The molecule has 9 rings (SSSR count). The first kappa shape index (κ1) is 38.9. The van der Waals surface area contributed by atoms with Gasteiger partial charge in [0.05, 0.1) is 5.56 Å². The minimum absolute atomic E-state index is 0.424. The van der Waals surface area contributed by atoms with Crippen LogP contribution < -0.4 is 9.80 Å². The van der Waals surface area contributed by atoms with Crippen molar-refractivity contribution in [1.82, 2.24) is 0 Å². The van der Waals surface area contributed by atoms with Crippen LogP contribution >= 0.6 is 0 Å². The van der Waals surface area contributed by atoms with Crippen LogP contribution in [0.15, 0.2) is 231 Å². The number of hydrogen-bond acceptors (Lipinski definition) is 2. The van der Waals surface area contributed by atoms with Gasteiger partial charge in [0.25, 0.3) is 0 Å². The molecule has 0 fully saturated rings. The van der Waals surface area contributed by atoms with E-state index in [9.17, 15) is 13.2 Å². The molecule has 0 amide bonds. The van der Waals surface area contributed by atoms with Crippen LogP contribution in [0.1, 0.15) is 11.1 Å². The predicted octanol–water partition coefficient (Wildman–Crippen LogP) is 16.6. The Morgan fingerprint density at radius 3 is 0.902 bits per heavy atom. The van der Waals surface area contributed by atoms with Crippen LogP contribution in [0.4, 0.5) is 47.3 Å². The minimum Gasteiger partial charge on any atom is -0.310 e. The highest BCUT2D eigenvalue weighted by atomic mass is 19.4. The zero-order chi connectivity index (χ0) is 41.8. The van der Waals surface area contributed by atoms with Gasteiger partial charge in [-0.05, 0) is 136 Å². The van der Waals surface area contributed by atoms with Gasteiger partial charge in [-0.1, -0.05) is 152 Å².